The van der Waals surface area contributed by atoms with Crippen LogP contribution in [0.5, 0.6) is 0 Å². The summed E-state index contributed by atoms with van der Waals surface area (Å²) in [5.41, 5.74) is 9.07. The normalized spacial score (nSPS) is 9.58. The number of hydrazine groups is 1. The third-order valence-electron chi connectivity index (χ3n) is 1.91. The highest BCUT2D eigenvalue weighted by Gasteiger charge is 2.12. The Morgan fingerprint density at radius 2 is 1.84 bits per heavy atom. The van der Waals surface area contributed by atoms with Crippen molar-refractivity contribution in [1.29, 1.82) is 0 Å². The Labute approximate surface area is 118 Å². The maximum Gasteiger partial charge on any atom is 0.312 e. The van der Waals surface area contributed by atoms with Crippen LogP contribution in [0.2, 0.25) is 10.0 Å². The Bertz CT molecular complexity index is 521. The number of benzene rings is 1. The van der Waals surface area contributed by atoms with E-state index in [-0.39, 0.29) is 17.1 Å². The van der Waals surface area contributed by atoms with Crippen LogP contribution in [0.15, 0.2) is 18.2 Å². The molecule has 7 nitrogen and oxygen atoms in total. The molecule has 19 heavy (non-hydrogen) atoms. The van der Waals surface area contributed by atoms with Crippen LogP contribution in [0.25, 0.3) is 0 Å². The van der Waals surface area contributed by atoms with Crippen molar-refractivity contribution >= 4 is 41.0 Å². The number of nitrogens with two attached hydrogens (primary N) is 1. The minimum atomic E-state index is -0.848. The van der Waals surface area contributed by atoms with Gasteiger partial charge in [0.25, 0.3) is 11.8 Å². The number of urea groups is 1. The van der Waals surface area contributed by atoms with Gasteiger partial charge in [-0.2, -0.15) is 0 Å². The average Bonchev–Trinajstić information content (AvgIpc) is 2.36. The van der Waals surface area contributed by atoms with Crippen LogP contribution in [0, 0.1) is 0 Å². The van der Waals surface area contributed by atoms with E-state index in [9.17, 15) is 14.4 Å². The number of nitrogens with one attached hydrogen (secondary N) is 3. The largest absolute Gasteiger partial charge is 0.352 e. The second-order valence-electron chi connectivity index (χ2n) is 3.34. The number of hydrogen-bond acceptors (Lipinski definition) is 3. The number of carbonyl (C=O) groups excluding carboxylic acids is 3. The van der Waals surface area contributed by atoms with E-state index in [2.05, 4.69) is 16.2 Å². The molecule has 0 radical (unpaired) electrons. The molecule has 0 aliphatic rings. The van der Waals surface area contributed by atoms with Crippen LogP contribution < -0.4 is 21.9 Å². The van der Waals surface area contributed by atoms with Crippen LogP contribution in [0.3, 0.4) is 0 Å². The average molecular weight is 305 g/mol. The van der Waals surface area contributed by atoms with Gasteiger partial charge in [-0.05, 0) is 18.2 Å². The molecule has 102 valence electrons. The second-order valence-corrected chi connectivity index (χ2v) is 4.19. The molecule has 9 heteroatoms. The number of hydrogen-bond donors (Lipinski definition) is 4. The molecular formula is C10H10Cl2N4O3. The van der Waals surface area contributed by atoms with E-state index in [0.717, 1.165) is 0 Å². The molecule has 1 rings (SSSR count). The van der Waals surface area contributed by atoms with E-state index in [0.29, 0.717) is 5.02 Å². The molecule has 1 aromatic carbocycles. The van der Waals surface area contributed by atoms with E-state index < -0.39 is 17.8 Å². The lowest BCUT2D eigenvalue weighted by atomic mass is 10.2. The van der Waals surface area contributed by atoms with E-state index in [1.54, 1.807) is 0 Å². The predicted molar refractivity (Wildman–Crippen MR) is 69.7 cm³/mol. The molecule has 4 amide bonds. The van der Waals surface area contributed by atoms with Gasteiger partial charge in [0.05, 0.1) is 10.6 Å². The zero-order valence-corrected chi connectivity index (χ0v) is 11.0. The Morgan fingerprint density at radius 3 is 2.47 bits per heavy atom. The summed E-state index contributed by atoms with van der Waals surface area (Å²) in [4.78, 5) is 33.2. The highest BCUT2D eigenvalue weighted by atomic mass is 35.5. The highest BCUT2D eigenvalue weighted by Crippen LogP contribution is 2.20. The number of carbonyl (C=O) groups is 3. The molecule has 0 bridgehead atoms. The van der Waals surface area contributed by atoms with Crippen molar-refractivity contribution < 1.29 is 14.4 Å². The van der Waals surface area contributed by atoms with Gasteiger partial charge in [0.2, 0.25) is 0 Å². The molecule has 0 aliphatic heterocycles. The van der Waals surface area contributed by atoms with Crippen molar-refractivity contribution in [2.24, 2.45) is 5.73 Å². The fraction of sp³-hybridized carbons (Fsp3) is 0.100. The van der Waals surface area contributed by atoms with Gasteiger partial charge in [0.1, 0.15) is 6.54 Å². The molecule has 0 saturated heterocycles. The van der Waals surface area contributed by atoms with Gasteiger partial charge in [-0.3, -0.25) is 20.4 Å². The molecule has 0 unspecified atom stereocenters. The smallest absolute Gasteiger partial charge is 0.312 e. The first-order chi connectivity index (χ1) is 8.90. The molecule has 1 aromatic rings. The Balaban J connectivity index is 2.53. The first-order valence-corrected chi connectivity index (χ1v) is 5.73. The maximum absolute atomic E-state index is 11.7. The molecule has 0 fully saturated rings. The summed E-state index contributed by atoms with van der Waals surface area (Å²) in [6.45, 7) is -0.362. The lowest BCUT2D eigenvalue weighted by molar-refractivity contribution is -0.120. The summed E-state index contributed by atoms with van der Waals surface area (Å²) in [7, 11) is 0. The molecule has 0 aromatic heterocycles. The molecular weight excluding hydrogens is 295 g/mol. The summed E-state index contributed by atoms with van der Waals surface area (Å²) in [5.74, 6) is -1.29. The number of amides is 4. The summed E-state index contributed by atoms with van der Waals surface area (Å²) >= 11 is 11.5. The van der Waals surface area contributed by atoms with Gasteiger partial charge in [0.15, 0.2) is 0 Å². The first-order valence-electron chi connectivity index (χ1n) is 4.97. The number of halogens is 2. The van der Waals surface area contributed by atoms with Crippen molar-refractivity contribution in [1.82, 2.24) is 16.2 Å². The lowest BCUT2D eigenvalue weighted by Gasteiger charge is -2.08. The fourth-order valence-corrected chi connectivity index (χ4v) is 1.45. The quantitative estimate of drug-likeness (QED) is 0.607. The predicted octanol–water partition coefficient (Wildman–Crippen LogP) is 0.423. The molecule has 0 spiro atoms. The Kier molecular flexibility index (Phi) is 5.40. The minimum Gasteiger partial charge on any atom is -0.352 e. The highest BCUT2D eigenvalue weighted by molar-refractivity contribution is 6.35. The summed E-state index contributed by atoms with van der Waals surface area (Å²) in [6.07, 6.45) is 0. The third kappa shape index (κ3) is 5.02. The number of rotatable bonds is 3. The lowest BCUT2D eigenvalue weighted by Crippen LogP contribution is -2.47. The monoisotopic (exact) mass is 304 g/mol. The fourth-order valence-electron chi connectivity index (χ4n) is 1.08. The van der Waals surface area contributed by atoms with Crippen LogP contribution in [-0.4, -0.2) is 24.4 Å². The van der Waals surface area contributed by atoms with Crippen molar-refractivity contribution in [3.8, 4) is 0 Å². The zero-order valence-electron chi connectivity index (χ0n) is 9.50. The summed E-state index contributed by atoms with van der Waals surface area (Å²) in [5, 5.41) is 2.57. The standard InChI is InChI=1S/C10H10Cl2N4O3/c11-5-1-2-7(12)6(3-5)9(18)16-15-8(17)4-14-10(13)19/h1-3H,4H2,(H,15,17)(H,16,18)(H3,13,14,19). The number of primary amides is 1. The van der Waals surface area contributed by atoms with Gasteiger partial charge in [-0.1, -0.05) is 23.2 Å². The topological polar surface area (TPSA) is 113 Å². The van der Waals surface area contributed by atoms with E-state index in [4.69, 9.17) is 28.9 Å². The van der Waals surface area contributed by atoms with Crippen molar-refractivity contribution in [3.63, 3.8) is 0 Å². The van der Waals surface area contributed by atoms with Gasteiger partial charge in [0, 0.05) is 5.02 Å². The van der Waals surface area contributed by atoms with Crippen molar-refractivity contribution in [2.75, 3.05) is 6.54 Å². The van der Waals surface area contributed by atoms with Gasteiger partial charge in [-0.15, -0.1) is 0 Å². The molecule has 0 saturated carbocycles. The van der Waals surface area contributed by atoms with Crippen LogP contribution in [0.4, 0.5) is 4.79 Å². The van der Waals surface area contributed by atoms with Crippen molar-refractivity contribution in [3.05, 3.63) is 33.8 Å². The van der Waals surface area contributed by atoms with Gasteiger partial charge in [-0.25, -0.2) is 4.79 Å². The molecule has 5 N–H and O–H groups in total. The first kappa shape index (κ1) is 15.1. The Morgan fingerprint density at radius 1 is 1.16 bits per heavy atom. The maximum atomic E-state index is 11.7. The van der Waals surface area contributed by atoms with Crippen LogP contribution >= 0.6 is 23.2 Å². The van der Waals surface area contributed by atoms with Crippen molar-refractivity contribution in [2.45, 2.75) is 0 Å². The van der Waals surface area contributed by atoms with E-state index >= 15 is 0 Å². The minimum absolute atomic E-state index is 0.109. The van der Waals surface area contributed by atoms with Crippen LogP contribution in [0.1, 0.15) is 10.4 Å². The van der Waals surface area contributed by atoms with E-state index in [1.807, 2.05) is 0 Å². The Hall–Kier alpha value is -1.99. The van der Waals surface area contributed by atoms with Gasteiger partial charge < -0.3 is 11.1 Å². The molecule has 0 heterocycles. The van der Waals surface area contributed by atoms with Crippen LogP contribution in [-0.2, 0) is 4.79 Å². The summed E-state index contributed by atoms with van der Waals surface area (Å²) in [6, 6.07) is 3.48. The summed E-state index contributed by atoms with van der Waals surface area (Å²) < 4.78 is 0. The molecule has 0 aliphatic carbocycles. The van der Waals surface area contributed by atoms with Gasteiger partial charge >= 0.3 is 6.03 Å². The van der Waals surface area contributed by atoms with E-state index in [1.165, 1.54) is 18.2 Å². The zero-order chi connectivity index (χ0) is 14.4. The SMILES string of the molecule is NC(=O)NCC(=O)NNC(=O)c1cc(Cl)ccc1Cl. The second kappa shape index (κ2) is 6.81. The third-order valence-corrected chi connectivity index (χ3v) is 2.48. The molecule has 0 atom stereocenters.